The number of aryl methyl sites for hydroxylation is 1. The van der Waals surface area contributed by atoms with Crippen molar-refractivity contribution in [1.82, 2.24) is 10.2 Å². The Bertz CT molecular complexity index is 576. The zero-order valence-corrected chi connectivity index (χ0v) is 13.9. The molecular weight excluding hydrogens is 288 g/mol. The summed E-state index contributed by atoms with van der Waals surface area (Å²) in [5.74, 6) is 0.259. The smallest absolute Gasteiger partial charge is 0.222 e. The van der Waals surface area contributed by atoms with E-state index in [0.29, 0.717) is 19.4 Å². The minimum absolute atomic E-state index is 0.0557. The van der Waals surface area contributed by atoms with Gasteiger partial charge in [-0.3, -0.25) is 9.59 Å². The van der Waals surface area contributed by atoms with Crippen LogP contribution in [0.1, 0.15) is 56.1 Å². The summed E-state index contributed by atoms with van der Waals surface area (Å²) in [7, 11) is 0. The Morgan fingerprint density at radius 2 is 1.91 bits per heavy atom. The van der Waals surface area contributed by atoms with Crippen LogP contribution in [0.5, 0.6) is 0 Å². The second kappa shape index (κ2) is 6.73. The predicted molar refractivity (Wildman–Crippen MR) is 89.9 cm³/mol. The number of rotatable bonds is 5. The lowest BCUT2D eigenvalue weighted by molar-refractivity contribution is -0.131. The highest BCUT2D eigenvalue weighted by molar-refractivity contribution is 5.80. The summed E-state index contributed by atoms with van der Waals surface area (Å²) >= 11 is 0. The molecule has 4 heteroatoms. The Morgan fingerprint density at radius 3 is 2.61 bits per heavy atom. The summed E-state index contributed by atoms with van der Waals surface area (Å²) < 4.78 is 0. The number of likely N-dealkylation sites (tertiary alicyclic amines) is 1. The minimum atomic E-state index is -0.159. The van der Waals surface area contributed by atoms with E-state index in [4.69, 9.17) is 0 Å². The third-order valence-electron chi connectivity index (χ3n) is 5.01. The summed E-state index contributed by atoms with van der Waals surface area (Å²) in [5.41, 5.74) is 2.27. The molecule has 23 heavy (non-hydrogen) atoms. The number of amides is 2. The highest BCUT2D eigenvalue weighted by Crippen LogP contribution is 2.45. The van der Waals surface area contributed by atoms with E-state index in [1.807, 2.05) is 4.90 Å². The minimum Gasteiger partial charge on any atom is -0.347 e. The number of carbonyl (C=O) groups excluding carboxylic acids is 2. The summed E-state index contributed by atoms with van der Waals surface area (Å²) in [6.07, 6.45) is 6.20. The standard InChI is InChI=1S/C19H26N2O2/c1-15-6-8-16(9-7-15)19(11-12-19)20-17(22)10-14-21-13-4-2-3-5-18(21)23/h6-9H,2-5,10-14H2,1H3,(H,20,22). The SMILES string of the molecule is Cc1ccc(C2(NC(=O)CCN3CCCCCC3=O)CC2)cc1. The van der Waals surface area contributed by atoms with Gasteiger partial charge < -0.3 is 10.2 Å². The fraction of sp³-hybridized carbons (Fsp3) is 0.579. The van der Waals surface area contributed by atoms with Gasteiger partial charge in [0.2, 0.25) is 11.8 Å². The molecule has 0 unspecified atom stereocenters. The van der Waals surface area contributed by atoms with Gasteiger partial charge in [-0.1, -0.05) is 36.2 Å². The van der Waals surface area contributed by atoms with Crippen molar-refractivity contribution in [2.45, 2.75) is 57.4 Å². The van der Waals surface area contributed by atoms with E-state index in [-0.39, 0.29) is 17.4 Å². The Balaban J connectivity index is 1.53. The third-order valence-corrected chi connectivity index (χ3v) is 5.01. The first-order valence-corrected chi connectivity index (χ1v) is 8.75. The molecule has 1 N–H and O–H groups in total. The van der Waals surface area contributed by atoms with Crippen LogP contribution in [0.25, 0.3) is 0 Å². The van der Waals surface area contributed by atoms with Crippen molar-refractivity contribution in [3.8, 4) is 0 Å². The van der Waals surface area contributed by atoms with Gasteiger partial charge >= 0.3 is 0 Å². The average Bonchev–Trinajstić information content (AvgIpc) is 3.32. The van der Waals surface area contributed by atoms with Crippen LogP contribution in [0.3, 0.4) is 0 Å². The van der Waals surface area contributed by atoms with Crippen molar-refractivity contribution in [1.29, 1.82) is 0 Å². The molecule has 2 aliphatic rings. The van der Waals surface area contributed by atoms with Crippen LogP contribution in [-0.2, 0) is 15.1 Å². The largest absolute Gasteiger partial charge is 0.347 e. The van der Waals surface area contributed by atoms with Gasteiger partial charge in [0.1, 0.15) is 0 Å². The monoisotopic (exact) mass is 314 g/mol. The van der Waals surface area contributed by atoms with E-state index in [2.05, 4.69) is 36.5 Å². The van der Waals surface area contributed by atoms with Gasteiger partial charge in [0.05, 0.1) is 5.54 Å². The lowest BCUT2D eigenvalue weighted by atomic mass is 10.0. The van der Waals surface area contributed by atoms with Crippen molar-refractivity contribution in [2.75, 3.05) is 13.1 Å². The van der Waals surface area contributed by atoms with Crippen LogP contribution in [0, 0.1) is 6.92 Å². The zero-order chi connectivity index (χ0) is 16.3. The van der Waals surface area contributed by atoms with E-state index in [9.17, 15) is 9.59 Å². The van der Waals surface area contributed by atoms with Crippen LogP contribution in [0.15, 0.2) is 24.3 Å². The highest BCUT2D eigenvalue weighted by Gasteiger charge is 2.45. The van der Waals surface area contributed by atoms with E-state index >= 15 is 0 Å². The molecule has 1 aromatic carbocycles. The quantitative estimate of drug-likeness (QED) is 0.908. The summed E-state index contributed by atoms with van der Waals surface area (Å²) in [4.78, 5) is 26.2. The normalized spacial score (nSPS) is 20.0. The summed E-state index contributed by atoms with van der Waals surface area (Å²) in [5, 5.41) is 3.20. The maximum absolute atomic E-state index is 12.3. The molecule has 1 aromatic rings. The Kier molecular flexibility index (Phi) is 4.69. The van der Waals surface area contributed by atoms with E-state index < -0.39 is 0 Å². The van der Waals surface area contributed by atoms with Crippen LogP contribution < -0.4 is 5.32 Å². The van der Waals surface area contributed by atoms with Crippen LogP contribution in [0.4, 0.5) is 0 Å². The molecule has 2 amide bonds. The molecule has 1 saturated carbocycles. The lowest BCUT2D eigenvalue weighted by Gasteiger charge is -2.22. The maximum atomic E-state index is 12.3. The van der Waals surface area contributed by atoms with Crippen molar-refractivity contribution < 1.29 is 9.59 Å². The molecule has 124 valence electrons. The number of benzene rings is 1. The van der Waals surface area contributed by atoms with Gasteiger partial charge in [-0.05, 0) is 38.2 Å². The molecule has 0 bridgehead atoms. The molecule has 1 aliphatic carbocycles. The Hall–Kier alpha value is -1.84. The maximum Gasteiger partial charge on any atom is 0.222 e. The molecule has 1 saturated heterocycles. The molecule has 0 atom stereocenters. The molecule has 0 spiro atoms. The summed E-state index contributed by atoms with van der Waals surface area (Å²) in [6.45, 7) is 3.42. The van der Waals surface area contributed by atoms with Gasteiger partial charge in [0.15, 0.2) is 0 Å². The molecular formula is C19H26N2O2. The van der Waals surface area contributed by atoms with Crippen LogP contribution in [0.2, 0.25) is 0 Å². The fourth-order valence-electron chi connectivity index (χ4n) is 3.32. The van der Waals surface area contributed by atoms with Crippen molar-refractivity contribution >= 4 is 11.8 Å². The van der Waals surface area contributed by atoms with Crippen LogP contribution in [-0.4, -0.2) is 29.8 Å². The number of carbonyl (C=O) groups is 2. The Morgan fingerprint density at radius 1 is 1.17 bits per heavy atom. The van der Waals surface area contributed by atoms with E-state index in [0.717, 1.165) is 38.6 Å². The first-order valence-electron chi connectivity index (χ1n) is 8.75. The molecule has 2 fully saturated rings. The first-order chi connectivity index (χ1) is 11.1. The third kappa shape index (κ3) is 3.92. The van der Waals surface area contributed by atoms with E-state index in [1.54, 1.807) is 0 Å². The predicted octanol–water partition coefficient (Wildman–Crippen LogP) is 2.89. The van der Waals surface area contributed by atoms with Crippen molar-refractivity contribution in [3.05, 3.63) is 35.4 Å². The lowest BCUT2D eigenvalue weighted by Crippen LogP contribution is -2.38. The fourth-order valence-corrected chi connectivity index (χ4v) is 3.32. The molecule has 1 heterocycles. The van der Waals surface area contributed by atoms with Gasteiger partial charge in [0.25, 0.3) is 0 Å². The number of hydrogen-bond acceptors (Lipinski definition) is 2. The van der Waals surface area contributed by atoms with E-state index in [1.165, 1.54) is 11.1 Å². The van der Waals surface area contributed by atoms with Crippen LogP contribution >= 0.6 is 0 Å². The second-order valence-electron chi connectivity index (χ2n) is 6.94. The van der Waals surface area contributed by atoms with Gasteiger partial charge in [-0.25, -0.2) is 0 Å². The van der Waals surface area contributed by atoms with Gasteiger partial charge in [-0.15, -0.1) is 0 Å². The Labute approximate surface area is 138 Å². The highest BCUT2D eigenvalue weighted by atomic mass is 16.2. The topological polar surface area (TPSA) is 49.4 Å². The van der Waals surface area contributed by atoms with Gasteiger partial charge in [0, 0.05) is 25.9 Å². The molecule has 1 aliphatic heterocycles. The van der Waals surface area contributed by atoms with Crippen molar-refractivity contribution in [3.63, 3.8) is 0 Å². The van der Waals surface area contributed by atoms with Gasteiger partial charge in [-0.2, -0.15) is 0 Å². The second-order valence-corrected chi connectivity index (χ2v) is 6.94. The number of nitrogens with zero attached hydrogens (tertiary/aromatic N) is 1. The molecule has 0 radical (unpaired) electrons. The summed E-state index contributed by atoms with van der Waals surface area (Å²) in [6, 6.07) is 8.41. The zero-order valence-electron chi connectivity index (χ0n) is 13.9. The van der Waals surface area contributed by atoms with Crippen molar-refractivity contribution in [2.24, 2.45) is 0 Å². The number of nitrogens with one attached hydrogen (secondary N) is 1. The average molecular weight is 314 g/mol. The molecule has 3 rings (SSSR count). The number of hydrogen-bond donors (Lipinski definition) is 1. The molecule has 4 nitrogen and oxygen atoms in total. The molecule has 0 aromatic heterocycles. The first kappa shape index (κ1) is 16.0.